The summed E-state index contributed by atoms with van der Waals surface area (Å²) in [6.45, 7) is 0.185. The molecule has 1 heterocycles. The van der Waals surface area contributed by atoms with Crippen LogP contribution in [0.25, 0.3) is 0 Å². The summed E-state index contributed by atoms with van der Waals surface area (Å²) in [5.41, 5.74) is 0.420. The van der Waals surface area contributed by atoms with Crippen molar-refractivity contribution in [1.29, 1.82) is 0 Å². The van der Waals surface area contributed by atoms with Crippen LogP contribution in [0.4, 0.5) is 0 Å². The van der Waals surface area contributed by atoms with Crippen LogP contribution in [0.1, 0.15) is 10.4 Å². The lowest BCUT2D eigenvalue weighted by atomic mass is 10.2. The minimum absolute atomic E-state index is 0.185. The van der Waals surface area contributed by atoms with E-state index in [0.29, 0.717) is 21.5 Å². The molecular formula is C8H4BrIO4. The van der Waals surface area contributed by atoms with Crippen LogP contribution < -0.4 is 9.47 Å². The number of hydrogen-bond acceptors (Lipinski definition) is 4. The van der Waals surface area contributed by atoms with E-state index in [1.54, 1.807) is 12.1 Å². The van der Waals surface area contributed by atoms with Gasteiger partial charge in [0, 0.05) is 4.47 Å². The van der Waals surface area contributed by atoms with Crippen molar-refractivity contribution in [2.75, 3.05) is 6.79 Å². The van der Waals surface area contributed by atoms with E-state index in [4.69, 9.17) is 9.47 Å². The first-order valence-electron chi connectivity index (χ1n) is 3.64. The highest BCUT2D eigenvalue weighted by molar-refractivity contribution is 14.1. The minimum Gasteiger partial charge on any atom is -0.454 e. The topological polar surface area (TPSA) is 44.8 Å². The van der Waals surface area contributed by atoms with Gasteiger partial charge in [0.1, 0.15) is 0 Å². The van der Waals surface area contributed by atoms with Crippen LogP contribution in [0.3, 0.4) is 0 Å². The highest BCUT2D eigenvalue weighted by Gasteiger charge is 2.20. The summed E-state index contributed by atoms with van der Waals surface area (Å²) in [6, 6.07) is 3.28. The summed E-state index contributed by atoms with van der Waals surface area (Å²) in [5.74, 6) is 0.766. The fraction of sp³-hybridized carbons (Fsp3) is 0.125. The molecule has 0 fully saturated rings. The Morgan fingerprint density at radius 3 is 2.71 bits per heavy atom. The Morgan fingerprint density at radius 2 is 2.07 bits per heavy atom. The molecule has 0 aliphatic carbocycles. The van der Waals surface area contributed by atoms with Crippen LogP contribution in [0.5, 0.6) is 11.5 Å². The Balaban J connectivity index is 2.47. The first-order valence-corrected chi connectivity index (χ1v) is 5.32. The van der Waals surface area contributed by atoms with Gasteiger partial charge in [-0.1, -0.05) is 0 Å². The second-order valence-corrected chi connectivity index (χ2v) is 3.84. The first-order chi connectivity index (χ1) is 6.72. The fourth-order valence-corrected chi connectivity index (χ4v) is 1.84. The van der Waals surface area contributed by atoms with E-state index in [-0.39, 0.29) is 6.79 Å². The highest BCUT2D eigenvalue weighted by atomic mass is 127. The molecule has 0 atom stereocenters. The third-order valence-electron chi connectivity index (χ3n) is 1.75. The van der Waals surface area contributed by atoms with E-state index < -0.39 is 5.97 Å². The predicted molar refractivity (Wildman–Crippen MR) is 59.7 cm³/mol. The number of hydrogen-bond donors (Lipinski definition) is 0. The molecule has 14 heavy (non-hydrogen) atoms. The van der Waals surface area contributed by atoms with Crippen molar-refractivity contribution in [2.24, 2.45) is 0 Å². The highest BCUT2D eigenvalue weighted by Crippen LogP contribution is 2.37. The molecule has 0 bridgehead atoms. The van der Waals surface area contributed by atoms with Crippen LogP contribution in [0.2, 0.25) is 0 Å². The van der Waals surface area contributed by atoms with E-state index in [1.165, 1.54) is 23.0 Å². The zero-order valence-corrected chi connectivity index (χ0v) is 10.5. The zero-order valence-electron chi connectivity index (χ0n) is 6.75. The Bertz CT molecular complexity index is 393. The second kappa shape index (κ2) is 3.93. The maximum atomic E-state index is 11.3. The summed E-state index contributed by atoms with van der Waals surface area (Å²) in [6.07, 6.45) is 0. The lowest BCUT2D eigenvalue weighted by Gasteiger charge is -2.02. The maximum absolute atomic E-state index is 11.3. The van der Waals surface area contributed by atoms with Gasteiger partial charge in [0.15, 0.2) is 34.5 Å². The predicted octanol–water partition coefficient (Wildman–Crippen LogP) is 2.68. The molecule has 2 rings (SSSR count). The Hall–Kier alpha value is -0.500. The fourth-order valence-electron chi connectivity index (χ4n) is 1.12. The molecule has 74 valence electrons. The number of benzene rings is 1. The smallest absolute Gasteiger partial charge is 0.348 e. The van der Waals surface area contributed by atoms with Gasteiger partial charge in [0.2, 0.25) is 6.79 Å². The zero-order chi connectivity index (χ0) is 10.1. The minimum atomic E-state index is -0.421. The number of halogens is 2. The first kappa shape index (κ1) is 10.0. The summed E-state index contributed by atoms with van der Waals surface area (Å²) in [5, 5.41) is 0. The van der Waals surface area contributed by atoms with E-state index >= 15 is 0 Å². The van der Waals surface area contributed by atoms with Gasteiger partial charge >= 0.3 is 5.97 Å². The molecule has 0 saturated carbocycles. The average Bonchev–Trinajstić information content (AvgIpc) is 2.62. The maximum Gasteiger partial charge on any atom is 0.348 e. The van der Waals surface area contributed by atoms with Gasteiger partial charge in [-0.25, -0.2) is 4.79 Å². The molecule has 1 aromatic rings. The summed E-state index contributed by atoms with van der Waals surface area (Å²) >= 11 is 4.79. The summed E-state index contributed by atoms with van der Waals surface area (Å²) in [7, 11) is 0. The van der Waals surface area contributed by atoms with Crippen molar-refractivity contribution in [2.45, 2.75) is 0 Å². The quantitative estimate of drug-likeness (QED) is 0.713. The van der Waals surface area contributed by atoms with E-state index in [1.807, 2.05) is 0 Å². The number of fused-ring (bicyclic) bond motifs is 1. The van der Waals surface area contributed by atoms with Gasteiger partial charge in [-0.2, -0.15) is 0 Å². The van der Waals surface area contributed by atoms with Crippen molar-refractivity contribution in [1.82, 2.24) is 0 Å². The van der Waals surface area contributed by atoms with E-state index in [9.17, 15) is 4.79 Å². The molecular weight excluding hydrogens is 367 g/mol. The second-order valence-electron chi connectivity index (χ2n) is 2.55. The number of carbonyl (C=O) groups excluding carboxylic acids is 1. The van der Waals surface area contributed by atoms with Gasteiger partial charge in [-0.15, -0.1) is 0 Å². The molecule has 0 radical (unpaired) electrons. The molecule has 6 heteroatoms. The molecule has 1 aliphatic rings. The molecule has 1 aliphatic heterocycles. The van der Waals surface area contributed by atoms with Gasteiger partial charge < -0.3 is 12.5 Å². The van der Waals surface area contributed by atoms with Crippen molar-refractivity contribution in [3.05, 3.63) is 22.2 Å². The third kappa shape index (κ3) is 1.68. The molecule has 0 saturated heterocycles. The molecule has 4 nitrogen and oxygen atoms in total. The monoisotopic (exact) mass is 370 g/mol. The molecule has 0 aromatic heterocycles. The third-order valence-corrected chi connectivity index (χ3v) is 2.81. The van der Waals surface area contributed by atoms with Crippen LogP contribution in [-0.4, -0.2) is 12.8 Å². The number of rotatable bonds is 1. The van der Waals surface area contributed by atoms with Crippen LogP contribution in [0.15, 0.2) is 16.6 Å². The van der Waals surface area contributed by atoms with Gasteiger partial charge in [-0.05, 0) is 28.1 Å². The Morgan fingerprint density at radius 1 is 1.43 bits per heavy atom. The van der Waals surface area contributed by atoms with Crippen molar-refractivity contribution < 1.29 is 17.3 Å². The van der Waals surface area contributed by atoms with Crippen molar-refractivity contribution in [3.8, 4) is 11.5 Å². The van der Waals surface area contributed by atoms with Crippen molar-refractivity contribution >= 4 is 44.9 Å². The average molecular weight is 371 g/mol. The number of ether oxygens (including phenoxy) is 2. The lowest BCUT2D eigenvalue weighted by molar-refractivity contribution is 0.0799. The molecule has 0 amide bonds. The van der Waals surface area contributed by atoms with E-state index in [0.717, 1.165) is 0 Å². The Labute approximate surface area is 102 Å². The van der Waals surface area contributed by atoms with Gasteiger partial charge in [-0.3, -0.25) is 0 Å². The van der Waals surface area contributed by atoms with E-state index in [2.05, 4.69) is 19.0 Å². The van der Waals surface area contributed by atoms with Crippen molar-refractivity contribution in [3.63, 3.8) is 0 Å². The summed E-state index contributed by atoms with van der Waals surface area (Å²) < 4.78 is 15.5. The normalized spacial score (nSPS) is 12.7. The molecule has 0 unspecified atom stereocenters. The molecule has 1 aromatic carbocycles. The molecule has 0 N–H and O–H groups in total. The van der Waals surface area contributed by atoms with Crippen LogP contribution in [-0.2, 0) is 3.07 Å². The van der Waals surface area contributed by atoms with Gasteiger partial charge in [0.05, 0.1) is 5.56 Å². The van der Waals surface area contributed by atoms with Gasteiger partial charge in [0.25, 0.3) is 0 Å². The standard InChI is InChI=1S/C8H4BrIO4/c9-5-2-7-6(12-3-13-7)1-4(5)8(11)14-10/h1-2H,3H2. The van der Waals surface area contributed by atoms with Crippen LogP contribution in [0, 0.1) is 0 Å². The lowest BCUT2D eigenvalue weighted by Crippen LogP contribution is -1.98. The summed E-state index contributed by atoms with van der Waals surface area (Å²) in [4.78, 5) is 11.3. The number of carbonyl (C=O) groups is 1. The van der Waals surface area contributed by atoms with Crippen LogP contribution >= 0.6 is 38.9 Å². The largest absolute Gasteiger partial charge is 0.454 e. The SMILES string of the molecule is O=C(OI)c1cc2c(cc1Br)OCO2. The molecule has 0 spiro atoms. The Kier molecular flexibility index (Phi) is 2.82.